The van der Waals surface area contributed by atoms with Crippen LogP contribution in [0.1, 0.15) is 34.5 Å². The lowest BCUT2D eigenvalue weighted by atomic mass is 10.1. The highest BCUT2D eigenvalue weighted by Crippen LogP contribution is 2.24. The molecule has 26 heavy (non-hydrogen) atoms. The number of benzene rings is 1. The molecule has 8 heteroatoms. The predicted octanol–water partition coefficient (Wildman–Crippen LogP) is 2.48. The summed E-state index contributed by atoms with van der Waals surface area (Å²) in [5, 5.41) is 17.6. The SMILES string of the molecule is O=C(NCCc1csc(N2CCCC2)n1)NCc1ccc(C(=O)O)cc1. The lowest BCUT2D eigenvalue weighted by Gasteiger charge is -2.12. The largest absolute Gasteiger partial charge is 0.478 e. The van der Waals surface area contributed by atoms with Gasteiger partial charge in [0, 0.05) is 38.0 Å². The number of carbonyl (C=O) groups excluding carboxylic acids is 1. The molecule has 7 nitrogen and oxygen atoms in total. The minimum absolute atomic E-state index is 0.231. The summed E-state index contributed by atoms with van der Waals surface area (Å²) in [6.07, 6.45) is 3.16. The summed E-state index contributed by atoms with van der Waals surface area (Å²) in [6, 6.07) is 6.19. The summed E-state index contributed by atoms with van der Waals surface area (Å²) in [5.41, 5.74) is 2.08. The highest BCUT2D eigenvalue weighted by atomic mass is 32.1. The van der Waals surface area contributed by atoms with Gasteiger partial charge >= 0.3 is 12.0 Å². The van der Waals surface area contributed by atoms with Crippen molar-refractivity contribution in [3.8, 4) is 0 Å². The molecule has 1 aromatic heterocycles. The molecule has 2 aromatic rings. The molecular formula is C18H22N4O3S. The fourth-order valence-electron chi connectivity index (χ4n) is 2.78. The van der Waals surface area contributed by atoms with Gasteiger partial charge in [0.15, 0.2) is 5.13 Å². The van der Waals surface area contributed by atoms with Crippen LogP contribution in [0.3, 0.4) is 0 Å². The van der Waals surface area contributed by atoms with Gasteiger partial charge in [-0.2, -0.15) is 0 Å². The van der Waals surface area contributed by atoms with Gasteiger partial charge in [-0.1, -0.05) is 12.1 Å². The van der Waals surface area contributed by atoms with E-state index in [0.717, 1.165) is 29.5 Å². The van der Waals surface area contributed by atoms with Crippen molar-refractivity contribution >= 4 is 28.5 Å². The number of rotatable bonds is 7. The van der Waals surface area contributed by atoms with Gasteiger partial charge in [0.1, 0.15) is 0 Å². The summed E-state index contributed by atoms with van der Waals surface area (Å²) < 4.78 is 0. The molecule has 2 amide bonds. The van der Waals surface area contributed by atoms with Crippen LogP contribution in [0.25, 0.3) is 0 Å². The Morgan fingerprint density at radius 1 is 1.15 bits per heavy atom. The minimum atomic E-state index is -0.961. The Bertz CT molecular complexity index is 754. The van der Waals surface area contributed by atoms with E-state index in [1.165, 1.54) is 25.0 Å². The number of amides is 2. The normalized spacial score (nSPS) is 13.6. The number of aromatic nitrogens is 1. The Kier molecular flexibility index (Phi) is 6.06. The van der Waals surface area contributed by atoms with Crippen LogP contribution in [0.15, 0.2) is 29.6 Å². The average molecular weight is 374 g/mol. The van der Waals surface area contributed by atoms with Crippen molar-refractivity contribution in [2.75, 3.05) is 24.5 Å². The first-order chi connectivity index (χ1) is 12.6. The van der Waals surface area contributed by atoms with E-state index in [-0.39, 0.29) is 11.6 Å². The number of nitrogens with one attached hydrogen (secondary N) is 2. The standard InChI is InChI=1S/C18H22N4O3S/c23-16(24)14-5-3-13(4-6-14)11-20-17(25)19-8-7-15-12-26-18(21-15)22-9-1-2-10-22/h3-6,12H,1-2,7-11H2,(H,23,24)(H2,19,20,25). The van der Waals surface area contributed by atoms with E-state index in [4.69, 9.17) is 5.11 Å². The molecule has 0 aliphatic carbocycles. The summed E-state index contributed by atoms with van der Waals surface area (Å²) in [4.78, 5) is 29.6. The quantitative estimate of drug-likeness (QED) is 0.692. The molecule has 0 unspecified atom stereocenters. The molecule has 3 N–H and O–H groups in total. The Morgan fingerprint density at radius 2 is 1.88 bits per heavy atom. The van der Waals surface area contributed by atoms with E-state index in [1.54, 1.807) is 23.5 Å². The summed E-state index contributed by atoms with van der Waals surface area (Å²) in [6.45, 7) is 3.04. The van der Waals surface area contributed by atoms with E-state index in [9.17, 15) is 9.59 Å². The first-order valence-electron chi connectivity index (χ1n) is 8.65. The summed E-state index contributed by atoms with van der Waals surface area (Å²) in [7, 11) is 0. The number of urea groups is 1. The molecule has 138 valence electrons. The zero-order valence-corrected chi connectivity index (χ0v) is 15.2. The molecule has 0 bridgehead atoms. The molecular weight excluding hydrogens is 352 g/mol. The lowest BCUT2D eigenvalue weighted by molar-refractivity contribution is 0.0697. The molecule has 0 atom stereocenters. The van der Waals surface area contributed by atoms with Crippen molar-refractivity contribution in [1.29, 1.82) is 0 Å². The topological polar surface area (TPSA) is 94.6 Å². The maximum Gasteiger partial charge on any atom is 0.335 e. The molecule has 0 radical (unpaired) electrons. The van der Waals surface area contributed by atoms with E-state index in [0.29, 0.717) is 19.5 Å². The third kappa shape index (κ3) is 4.95. The van der Waals surface area contributed by atoms with Crippen molar-refractivity contribution < 1.29 is 14.7 Å². The van der Waals surface area contributed by atoms with Crippen LogP contribution < -0.4 is 15.5 Å². The molecule has 0 saturated carbocycles. The first kappa shape index (κ1) is 18.2. The number of thiazole rings is 1. The Balaban J connectivity index is 1.37. The summed E-state index contributed by atoms with van der Waals surface area (Å²) >= 11 is 1.66. The van der Waals surface area contributed by atoms with Gasteiger partial charge in [-0.3, -0.25) is 0 Å². The molecule has 0 spiro atoms. The van der Waals surface area contributed by atoms with E-state index in [1.807, 2.05) is 0 Å². The maximum atomic E-state index is 11.9. The number of carbonyl (C=O) groups is 2. The van der Waals surface area contributed by atoms with Gasteiger partial charge in [0.05, 0.1) is 11.3 Å². The first-order valence-corrected chi connectivity index (χ1v) is 9.53. The molecule has 1 aliphatic rings. The predicted molar refractivity (Wildman–Crippen MR) is 101 cm³/mol. The van der Waals surface area contributed by atoms with Crippen LogP contribution in [-0.2, 0) is 13.0 Å². The zero-order valence-electron chi connectivity index (χ0n) is 14.4. The van der Waals surface area contributed by atoms with E-state index in [2.05, 4.69) is 25.9 Å². The van der Waals surface area contributed by atoms with Gasteiger partial charge < -0.3 is 20.6 Å². The van der Waals surface area contributed by atoms with Crippen LogP contribution in [0.2, 0.25) is 0 Å². The van der Waals surface area contributed by atoms with Gasteiger partial charge in [0.2, 0.25) is 0 Å². The van der Waals surface area contributed by atoms with Crippen molar-refractivity contribution in [3.63, 3.8) is 0 Å². The smallest absolute Gasteiger partial charge is 0.335 e. The second kappa shape index (κ2) is 8.66. The van der Waals surface area contributed by atoms with Crippen LogP contribution in [0.4, 0.5) is 9.93 Å². The zero-order chi connectivity index (χ0) is 18.4. The highest BCUT2D eigenvalue weighted by Gasteiger charge is 2.15. The van der Waals surface area contributed by atoms with Crippen molar-refractivity contribution in [2.24, 2.45) is 0 Å². The maximum absolute atomic E-state index is 11.9. The second-order valence-electron chi connectivity index (χ2n) is 6.18. The Morgan fingerprint density at radius 3 is 2.58 bits per heavy atom. The summed E-state index contributed by atoms with van der Waals surface area (Å²) in [5.74, 6) is -0.961. The molecule has 3 rings (SSSR count). The van der Waals surface area contributed by atoms with Gasteiger partial charge in [-0.25, -0.2) is 14.6 Å². The van der Waals surface area contributed by atoms with Crippen molar-refractivity contribution in [2.45, 2.75) is 25.8 Å². The highest BCUT2D eigenvalue weighted by molar-refractivity contribution is 7.13. The number of carboxylic acid groups (broad SMARTS) is 1. The number of carboxylic acids is 1. The number of nitrogens with zero attached hydrogens (tertiary/aromatic N) is 2. The molecule has 1 saturated heterocycles. The Hall–Kier alpha value is -2.61. The van der Waals surface area contributed by atoms with E-state index >= 15 is 0 Å². The van der Waals surface area contributed by atoms with E-state index < -0.39 is 5.97 Å². The van der Waals surface area contributed by atoms with Crippen LogP contribution >= 0.6 is 11.3 Å². The molecule has 1 fully saturated rings. The Labute approximate surface area is 156 Å². The average Bonchev–Trinajstić information content (AvgIpc) is 3.32. The number of hydrogen-bond acceptors (Lipinski definition) is 5. The number of anilines is 1. The third-order valence-electron chi connectivity index (χ3n) is 4.24. The van der Waals surface area contributed by atoms with Crippen molar-refractivity contribution in [1.82, 2.24) is 15.6 Å². The van der Waals surface area contributed by atoms with Gasteiger partial charge in [-0.15, -0.1) is 11.3 Å². The third-order valence-corrected chi connectivity index (χ3v) is 5.19. The minimum Gasteiger partial charge on any atom is -0.478 e. The monoisotopic (exact) mass is 374 g/mol. The fourth-order valence-corrected chi connectivity index (χ4v) is 3.69. The molecule has 2 heterocycles. The van der Waals surface area contributed by atoms with Gasteiger partial charge in [0.25, 0.3) is 0 Å². The van der Waals surface area contributed by atoms with Crippen molar-refractivity contribution in [3.05, 3.63) is 46.5 Å². The second-order valence-corrected chi connectivity index (χ2v) is 7.01. The van der Waals surface area contributed by atoms with Crippen LogP contribution in [0, 0.1) is 0 Å². The lowest BCUT2D eigenvalue weighted by Crippen LogP contribution is -2.36. The number of hydrogen-bond donors (Lipinski definition) is 3. The number of aromatic carboxylic acids is 1. The molecule has 1 aromatic carbocycles. The fraction of sp³-hybridized carbons (Fsp3) is 0.389. The van der Waals surface area contributed by atoms with Crippen LogP contribution in [-0.4, -0.2) is 41.7 Å². The molecule has 1 aliphatic heterocycles. The van der Waals surface area contributed by atoms with Crippen LogP contribution in [0.5, 0.6) is 0 Å². The van der Waals surface area contributed by atoms with Gasteiger partial charge in [-0.05, 0) is 30.5 Å².